The van der Waals surface area contributed by atoms with Crippen molar-refractivity contribution >= 4 is 55.9 Å². The SMILES string of the molecule is C.CC(C)(C)[Si](C)(C)OCC=O.CC(C)Oc1ccc(C(=O)NN(CCO)Cc2ccc(OCC3CCCCC3)cc2)cc1Cl.CC(C)Oc1ccc(C(=O)NN)cc1Cl.O=Cc1ccc(OCC2CCCCC2)cc1. The average molecular weight is 1110 g/mol. The van der Waals surface area contributed by atoms with Crippen LogP contribution in [0.25, 0.3) is 0 Å². The lowest BCUT2D eigenvalue weighted by Gasteiger charge is -2.35. The number of hydrazine groups is 2. The monoisotopic (exact) mass is 1110 g/mol. The summed E-state index contributed by atoms with van der Waals surface area (Å²) in [6.45, 7) is 20.9. The van der Waals surface area contributed by atoms with E-state index in [9.17, 15) is 24.3 Å². The molecule has 17 heteroatoms. The summed E-state index contributed by atoms with van der Waals surface area (Å²) in [5.74, 6) is 8.53. The minimum atomic E-state index is -1.66. The maximum atomic E-state index is 12.7. The number of nitrogen functional groups attached to an aromatic ring is 1. The van der Waals surface area contributed by atoms with Crippen LogP contribution in [-0.2, 0) is 15.8 Å². The highest BCUT2D eigenvalue weighted by Crippen LogP contribution is 2.36. The van der Waals surface area contributed by atoms with Gasteiger partial charge in [-0.2, -0.15) is 0 Å². The van der Waals surface area contributed by atoms with Gasteiger partial charge in [0.1, 0.15) is 35.6 Å². The largest absolute Gasteiger partial charge is 0.493 e. The van der Waals surface area contributed by atoms with Gasteiger partial charge in [0.25, 0.3) is 11.8 Å². The predicted octanol–water partition coefficient (Wildman–Crippen LogP) is 13.3. The first-order valence-electron chi connectivity index (χ1n) is 26.3. The lowest BCUT2D eigenvalue weighted by atomic mass is 9.90. The van der Waals surface area contributed by atoms with Gasteiger partial charge in [0.05, 0.1) is 48.7 Å². The van der Waals surface area contributed by atoms with Crippen molar-refractivity contribution < 1.29 is 47.7 Å². The first kappa shape index (κ1) is 67.1. The number of amides is 2. The van der Waals surface area contributed by atoms with E-state index in [4.69, 9.17) is 52.4 Å². The van der Waals surface area contributed by atoms with Crippen LogP contribution < -0.4 is 35.6 Å². The van der Waals surface area contributed by atoms with E-state index >= 15 is 0 Å². The Hall–Kier alpha value is -5.00. The Balaban J connectivity index is 0.000000384. The molecule has 0 atom stereocenters. The average Bonchev–Trinajstić information content (AvgIpc) is 3.39. The van der Waals surface area contributed by atoms with Gasteiger partial charge in [-0.05, 0) is 162 Å². The molecular formula is C59H88Cl2N4O10Si. The summed E-state index contributed by atoms with van der Waals surface area (Å²) in [7, 11) is -1.66. The summed E-state index contributed by atoms with van der Waals surface area (Å²) in [4.78, 5) is 44.5. The summed E-state index contributed by atoms with van der Waals surface area (Å²) in [5.41, 5.74) is 7.42. The fraction of sp³-hybridized carbons (Fsp3) is 0.525. The van der Waals surface area contributed by atoms with E-state index < -0.39 is 8.32 Å². The summed E-state index contributed by atoms with van der Waals surface area (Å²) in [5, 5.41) is 12.1. The zero-order chi connectivity index (χ0) is 55.4. The smallest absolute Gasteiger partial charge is 0.265 e. The molecule has 0 radical (unpaired) electrons. The van der Waals surface area contributed by atoms with Crippen LogP contribution in [0.3, 0.4) is 0 Å². The van der Waals surface area contributed by atoms with E-state index in [1.807, 2.05) is 69.5 Å². The molecule has 2 aliphatic carbocycles. The molecule has 14 nitrogen and oxygen atoms in total. The van der Waals surface area contributed by atoms with Crippen molar-refractivity contribution in [1.29, 1.82) is 0 Å². The second-order valence-electron chi connectivity index (χ2n) is 20.9. The number of aldehydes is 2. The number of nitrogens with one attached hydrogen (secondary N) is 2. The van der Waals surface area contributed by atoms with Gasteiger partial charge in [-0.1, -0.05) is 102 Å². The van der Waals surface area contributed by atoms with Gasteiger partial charge in [0, 0.05) is 29.8 Å². The highest BCUT2D eigenvalue weighted by Gasteiger charge is 2.36. The molecule has 76 heavy (non-hydrogen) atoms. The maximum Gasteiger partial charge on any atom is 0.265 e. The topological polar surface area (TPSA) is 188 Å². The standard InChI is InChI=1S/C26H35ClN2O4.C14H18O2.C10H13ClN2O2.C8H18O2Si.CH4/c1-19(2)33-25-13-10-22(16-24(25)27)26(31)28-29(14-15-30)17-20-8-11-23(12-9-20)32-18-21-6-4-3-5-7-21;15-10-12-6-8-14(9-7-12)16-11-13-4-2-1-3-5-13;1-6(2)15-9-4-3-7(5-8(9)11)10(14)13-12;1-8(2,3)11(4,5)10-7-6-9;/h8-13,16,19,21,30H,3-7,14-15,17-18H2,1-2H3,(H,28,31);6-10,13H,1-5,11H2;3-6H,12H2,1-2H3,(H,13,14);6H,7H2,1-5H3;1H4. The molecule has 6 rings (SSSR count). The Morgan fingerprint density at radius 3 is 1.55 bits per heavy atom. The minimum Gasteiger partial charge on any atom is -0.493 e. The molecule has 2 saturated carbocycles. The Bertz CT molecular complexity index is 2300. The van der Waals surface area contributed by atoms with Crippen LogP contribution in [-0.4, -0.2) is 88.0 Å². The molecule has 0 unspecified atom stereocenters. The van der Waals surface area contributed by atoms with E-state index in [1.54, 1.807) is 47.5 Å². The number of halogens is 2. The van der Waals surface area contributed by atoms with Gasteiger partial charge in [-0.15, -0.1) is 0 Å². The number of rotatable bonds is 21. The number of benzene rings is 4. The van der Waals surface area contributed by atoms with Gasteiger partial charge in [0.2, 0.25) is 0 Å². The number of aliphatic hydroxyl groups is 1. The van der Waals surface area contributed by atoms with E-state index in [2.05, 4.69) is 39.3 Å². The van der Waals surface area contributed by atoms with Gasteiger partial charge in [0.15, 0.2) is 8.32 Å². The molecule has 0 aliphatic heterocycles. The van der Waals surface area contributed by atoms with Crippen molar-refractivity contribution in [2.75, 3.05) is 33.0 Å². The molecule has 2 aliphatic rings. The Morgan fingerprint density at radius 2 is 1.17 bits per heavy atom. The summed E-state index contributed by atoms with van der Waals surface area (Å²) in [6.07, 6.45) is 14.8. The van der Waals surface area contributed by atoms with Gasteiger partial charge in [-0.3, -0.25) is 25.2 Å². The predicted molar refractivity (Wildman–Crippen MR) is 309 cm³/mol. The van der Waals surface area contributed by atoms with Gasteiger partial charge in [-0.25, -0.2) is 10.9 Å². The van der Waals surface area contributed by atoms with Gasteiger partial charge >= 0.3 is 0 Å². The van der Waals surface area contributed by atoms with Crippen LogP contribution in [0.15, 0.2) is 84.9 Å². The van der Waals surface area contributed by atoms with E-state index in [-0.39, 0.29) is 49.7 Å². The van der Waals surface area contributed by atoms with Crippen LogP contribution in [0.4, 0.5) is 0 Å². The number of carbonyl (C=O) groups excluding carboxylic acids is 4. The molecule has 0 saturated heterocycles. The van der Waals surface area contributed by atoms with Crippen molar-refractivity contribution in [1.82, 2.24) is 15.9 Å². The van der Waals surface area contributed by atoms with Crippen molar-refractivity contribution in [2.45, 2.75) is 157 Å². The fourth-order valence-corrected chi connectivity index (χ4v) is 9.09. The first-order chi connectivity index (χ1) is 35.7. The third-order valence-corrected chi connectivity index (χ3v) is 18.0. The van der Waals surface area contributed by atoms with Gasteiger partial charge < -0.3 is 33.3 Å². The summed E-state index contributed by atoms with van der Waals surface area (Å²) < 4.78 is 28.3. The molecule has 422 valence electrons. The van der Waals surface area contributed by atoms with E-state index in [0.29, 0.717) is 57.2 Å². The molecule has 2 amide bonds. The molecular weight excluding hydrogens is 1020 g/mol. The van der Waals surface area contributed by atoms with E-state index in [0.717, 1.165) is 48.8 Å². The fourth-order valence-electron chi connectivity index (χ4n) is 7.72. The first-order valence-corrected chi connectivity index (χ1v) is 29.9. The second kappa shape index (κ2) is 35.4. The van der Waals surface area contributed by atoms with Crippen LogP contribution in [0.1, 0.15) is 157 Å². The van der Waals surface area contributed by atoms with Crippen molar-refractivity contribution in [3.05, 3.63) is 117 Å². The van der Waals surface area contributed by atoms with E-state index in [1.165, 1.54) is 70.3 Å². The molecule has 4 aromatic rings. The van der Waals surface area contributed by atoms with Crippen molar-refractivity contribution in [3.8, 4) is 23.0 Å². The van der Waals surface area contributed by atoms with Crippen LogP contribution in [0.2, 0.25) is 28.2 Å². The number of aliphatic hydroxyl groups excluding tert-OH is 1. The second-order valence-corrected chi connectivity index (χ2v) is 26.5. The van der Waals surface area contributed by atoms with Crippen LogP contribution >= 0.6 is 23.2 Å². The molecule has 0 bridgehead atoms. The quantitative estimate of drug-likeness (QED) is 0.0204. The number of hydrogen-bond acceptors (Lipinski definition) is 12. The highest BCUT2D eigenvalue weighted by molar-refractivity contribution is 6.74. The minimum absolute atomic E-state index is 0. The summed E-state index contributed by atoms with van der Waals surface area (Å²) in [6, 6.07) is 24.9. The summed E-state index contributed by atoms with van der Waals surface area (Å²) >= 11 is 12.2. The molecule has 0 aromatic heterocycles. The number of carbonyl (C=O) groups is 4. The lowest BCUT2D eigenvalue weighted by Crippen LogP contribution is -2.43. The molecule has 0 heterocycles. The number of ether oxygens (including phenoxy) is 4. The van der Waals surface area contributed by atoms with Crippen LogP contribution in [0.5, 0.6) is 23.0 Å². The third-order valence-electron chi connectivity index (χ3n) is 12.9. The Morgan fingerprint density at radius 1 is 0.724 bits per heavy atom. The number of nitrogens with zero attached hydrogens (tertiary/aromatic N) is 1. The Kier molecular flexibility index (Phi) is 31.3. The Labute approximate surface area is 465 Å². The zero-order valence-corrected chi connectivity index (χ0v) is 48.3. The molecule has 4 aromatic carbocycles. The maximum absolute atomic E-state index is 12.7. The lowest BCUT2D eigenvalue weighted by molar-refractivity contribution is -0.109. The molecule has 5 N–H and O–H groups in total. The normalized spacial score (nSPS) is 13.8. The molecule has 0 spiro atoms. The zero-order valence-electron chi connectivity index (χ0n) is 45.8. The van der Waals surface area contributed by atoms with Crippen molar-refractivity contribution in [2.24, 2.45) is 17.7 Å². The number of nitrogens with two attached hydrogens (primary N) is 1. The van der Waals surface area contributed by atoms with Crippen molar-refractivity contribution in [3.63, 3.8) is 0 Å². The van der Waals surface area contributed by atoms with Crippen LogP contribution in [0, 0.1) is 11.8 Å². The highest BCUT2D eigenvalue weighted by atomic mass is 35.5. The number of hydrogen-bond donors (Lipinski definition) is 4. The third kappa shape index (κ3) is 25.4. The molecule has 2 fully saturated rings.